The summed E-state index contributed by atoms with van der Waals surface area (Å²) in [5.41, 5.74) is 0. The largest absolute Gasteiger partial charge is 0.423 e. The molecule has 1 aromatic heterocycles. The lowest BCUT2D eigenvalue weighted by molar-refractivity contribution is 0.402. The standard InChI is InChI=1S/C10H9BrClN3O/c1-2-15-10(13-9(11)14-15)16-8-6-4-3-5-7(8)12/h3-6H,2H2,1H3. The molecule has 84 valence electrons. The maximum absolute atomic E-state index is 5.98. The van der Waals surface area contributed by atoms with Crippen molar-refractivity contribution in [2.24, 2.45) is 0 Å². The van der Waals surface area contributed by atoms with E-state index in [1.807, 2.05) is 19.1 Å². The van der Waals surface area contributed by atoms with Gasteiger partial charge in [-0.3, -0.25) is 0 Å². The number of ether oxygens (including phenoxy) is 1. The van der Waals surface area contributed by atoms with Crippen LogP contribution < -0.4 is 4.74 Å². The summed E-state index contributed by atoms with van der Waals surface area (Å²) in [7, 11) is 0. The van der Waals surface area contributed by atoms with Gasteiger partial charge in [-0.1, -0.05) is 23.7 Å². The molecule has 0 bridgehead atoms. The predicted molar refractivity (Wildman–Crippen MR) is 64.9 cm³/mol. The van der Waals surface area contributed by atoms with Crippen molar-refractivity contribution >= 4 is 27.5 Å². The van der Waals surface area contributed by atoms with Gasteiger partial charge < -0.3 is 4.74 Å². The number of rotatable bonds is 3. The zero-order chi connectivity index (χ0) is 11.5. The van der Waals surface area contributed by atoms with Gasteiger partial charge in [-0.2, -0.15) is 4.98 Å². The molecule has 6 heteroatoms. The molecule has 0 unspecified atom stereocenters. The second-order valence-electron chi connectivity index (χ2n) is 3.01. The maximum atomic E-state index is 5.98. The summed E-state index contributed by atoms with van der Waals surface area (Å²) >= 11 is 9.18. The third kappa shape index (κ3) is 2.36. The first-order valence-corrected chi connectivity index (χ1v) is 5.90. The number of hydrogen-bond acceptors (Lipinski definition) is 3. The lowest BCUT2D eigenvalue weighted by Crippen LogP contribution is -2.00. The summed E-state index contributed by atoms with van der Waals surface area (Å²) < 4.78 is 7.72. The molecule has 4 nitrogen and oxygen atoms in total. The lowest BCUT2D eigenvalue weighted by Gasteiger charge is -2.06. The summed E-state index contributed by atoms with van der Waals surface area (Å²) in [6, 6.07) is 7.66. The van der Waals surface area contributed by atoms with E-state index in [-0.39, 0.29) is 0 Å². The van der Waals surface area contributed by atoms with Gasteiger partial charge in [0.2, 0.25) is 4.73 Å². The van der Waals surface area contributed by atoms with E-state index < -0.39 is 0 Å². The molecule has 0 N–H and O–H groups in total. The van der Waals surface area contributed by atoms with Gasteiger partial charge in [-0.25, -0.2) is 4.68 Å². The van der Waals surface area contributed by atoms with Crippen LogP contribution in [0.3, 0.4) is 0 Å². The van der Waals surface area contributed by atoms with Crippen molar-refractivity contribution in [3.8, 4) is 11.8 Å². The Balaban J connectivity index is 2.30. The fourth-order valence-corrected chi connectivity index (χ4v) is 1.73. The molecule has 0 spiro atoms. The molecule has 16 heavy (non-hydrogen) atoms. The van der Waals surface area contributed by atoms with Crippen molar-refractivity contribution in [2.75, 3.05) is 0 Å². The summed E-state index contributed by atoms with van der Waals surface area (Å²) in [5, 5.41) is 4.65. The van der Waals surface area contributed by atoms with E-state index in [1.165, 1.54) is 0 Å². The van der Waals surface area contributed by atoms with E-state index >= 15 is 0 Å². The Morgan fingerprint density at radius 1 is 1.44 bits per heavy atom. The molecule has 1 aromatic carbocycles. The second kappa shape index (κ2) is 4.84. The SMILES string of the molecule is CCn1nc(Br)nc1Oc1ccccc1Cl. The van der Waals surface area contributed by atoms with Crippen LogP contribution in [-0.2, 0) is 6.54 Å². The number of aryl methyl sites for hydroxylation is 1. The first-order valence-electron chi connectivity index (χ1n) is 4.73. The topological polar surface area (TPSA) is 39.9 Å². The monoisotopic (exact) mass is 301 g/mol. The van der Waals surface area contributed by atoms with Crippen molar-refractivity contribution in [1.29, 1.82) is 0 Å². The first kappa shape index (κ1) is 11.4. The Kier molecular flexibility index (Phi) is 3.46. The highest BCUT2D eigenvalue weighted by Crippen LogP contribution is 2.28. The van der Waals surface area contributed by atoms with Gasteiger partial charge in [0.15, 0.2) is 0 Å². The minimum Gasteiger partial charge on any atom is -0.423 e. The Morgan fingerprint density at radius 3 is 2.88 bits per heavy atom. The average Bonchev–Trinajstić information content (AvgIpc) is 2.62. The van der Waals surface area contributed by atoms with Crippen LogP contribution in [0, 0.1) is 0 Å². The van der Waals surface area contributed by atoms with E-state index in [4.69, 9.17) is 16.3 Å². The molecule has 0 atom stereocenters. The molecule has 0 fully saturated rings. The molecule has 0 aliphatic carbocycles. The van der Waals surface area contributed by atoms with Crippen LogP contribution in [0.2, 0.25) is 5.02 Å². The zero-order valence-electron chi connectivity index (χ0n) is 8.52. The van der Waals surface area contributed by atoms with E-state index in [0.29, 0.717) is 28.1 Å². The van der Waals surface area contributed by atoms with Crippen LogP contribution in [0.4, 0.5) is 0 Å². The highest BCUT2D eigenvalue weighted by atomic mass is 79.9. The smallest absolute Gasteiger partial charge is 0.321 e. The number of halogens is 2. The summed E-state index contributed by atoms with van der Waals surface area (Å²) in [5.74, 6) is 0.568. The van der Waals surface area contributed by atoms with Crippen molar-refractivity contribution in [1.82, 2.24) is 14.8 Å². The van der Waals surface area contributed by atoms with Gasteiger partial charge in [0.1, 0.15) is 5.75 Å². The lowest BCUT2D eigenvalue weighted by atomic mass is 10.3. The van der Waals surface area contributed by atoms with Crippen molar-refractivity contribution < 1.29 is 4.74 Å². The van der Waals surface area contributed by atoms with E-state index in [0.717, 1.165) is 0 Å². The van der Waals surface area contributed by atoms with Crippen LogP contribution in [-0.4, -0.2) is 14.8 Å². The van der Waals surface area contributed by atoms with Gasteiger partial charge in [0.05, 0.1) is 5.02 Å². The van der Waals surface area contributed by atoms with Crippen LogP contribution >= 0.6 is 27.5 Å². The molecule has 1 heterocycles. The van der Waals surface area contributed by atoms with E-state index in [2.05, 4.69) is 26.0 Å². The van der Waals surface area contributed by atoms with Gasteiger partial charge in [-0.05, 0) is 35.0 Å². The minimum absolute atomic E-state index is 0.419. The van der Waals surface area contributed by atoms with Crippen molar-refractivity contribution in [3.63, 3.8) is 0 Å². The molecule has 0 saturated heterocycles. The summed E-state index contributed by atoms with van der Waals surface area (Å²) in [6.07, 6.45) is 0. The number of benzene rings is 1. The quantitative estimate of drug-likeness (QED) is 0.871. The predicted octanol–water partition coefficient (Wildman–Crippen LogP) is 3.51. The Labute approximate surface area is 106 Å². The molecular weight excluding hydrogens is 293 g/mol. The molecule has 0 radical (unpaired) electrons. The van der Waals surface area contributed by atoms with Gasteiger partial charge in [0.25, 0.3) is 0 Å². The molecule has 0 amide bonds. The fraction of sp³-hybridized carbons (Fsp3) is 0.200. The highest BCUT2D eigenvalue weighted by Gasteiger charge is 2.10. The molecule has 0 aliphatic heterocycles. The van der Waals surface area contributed by atoms with Crippen molar-refractivity contribution in [3.05, 3.63) is 34.0 Å². The number of nitrogens with zero attached hydrogens (tertiary/aromatic N) is 3. The third-order valence-electron chi connectivity index (χ3n) is 1.95. The number of aromatic nitrogens is 3. The van der Waals surface area contributed by atoms with Crippen molar-refractivity contribution in [2.45, 2.75) is 13.5 Å². The second-order valence-corrected chi connectivity index (χ2v) is 4.13. The summed E-state index contributed by atoms with van der Waals surface area (Å²) in [4.78, 5) is 4.11. The summed E-state index contributed by atoms with van der Waals surface area (Å²) in [6.45, 7) is 2.64. The Hall–Kier alpha value is -1.07. The van der Waals surface area contributed by atoms with Gasteiger partial charge in [-0.15, -0.1) is 5.10 Å². The average molecular weight is 303 g/mol. The van der Waals surface area contributed by atoms with E-state index in [1.54, 1.807) is 16.8 Å². The minimum atomic E-state index is 0.419. The molecule has 2 aromatic rings. The van der Waals surface area contributed by atoms with Crippen LogP contribution in [0.25, 0.3) is 0 Å². The Morgan fingerprint density at radius 2 is 2.19 bits per heavy atom. The third-order valence-corrected chi connectivity index (χ3v) is 2.60. The molecule has 0 saturated carbocycles. The van der Waals surface area contributed by atoms with Gasteiger partial charge in [0, 0.05) is 6.54 Å². The molecule has 2 rings (SSSR count). The van der Waals surface area contributed by atoms with Gasteiger partial charge >= 0.3 is 6.01 Å². The van der Waals surface area contributed by atoms with E-state index in [9.17, 15) is 0 Å². The zero-order valence-corrected chi connectivity index (χ0v) is 10.9. The first-order chi connectivity index (χ1) is 7.70. The highest BCUT2D eigenvalue weighted by molar-refractivity contribution is 9.10. The molecular formula is C10H9BrClN3O. The fourth-order valence-electron chi connectivity index (χ4n) is 1.21. The van der Waals surface area contributed by atoms with Crippen LogP contribution in [0.1, 0.15) is 6.92 Å². The van der Waals surface area contributed by atoms with Crippen LogP contribution in [0.5, 0.6) is 11.8 Å². The number of hydrogen-bond donors (Lipinski definition) is 0. The normalized spacial score (nSPS) is 10.4. The maximum Gasteiger partial charge on any atom is 0.321 e. The molecule has 0 aliphatic rings. The van der Waals surface area contributed by atoms with Crippen LogP contribution in [0.15, 0.2) is 29.0 Å². The number of para-hydroxylation sites is 1. The Bertz CT molecular complexity index is 501.